The molecule has 3 unspecified atom stereocenters. The van der Waals surface area contributed by atoms with Gasteiger partial charge in [0, 0.05) is 12.6 Å². The van der Waals surface area contributed by atoms with E-state index in [-0.39, 0.29) is 12.6 Å². The molecule has 0 radical (unpaired) electrons. The maximum atomic E-state index is 10.8. The maximum Gasteiger partial charge on any atom is 0.320 e. The summed E-state index contributed by atoms with van der Waals surface area (Å²) in [6.45, 7) is 0. The molecule has 0 spiro atoms. The van der Waals surface area contributed by atoms with Crippen molar-refractivity contribution in [3.8, 4) is 0 Å². The highest BCUT2D eigenvalue weighted by Gasteiger charge is 2.29. The molecule has 1 aromatic rings. The number of nitrogens with zero attached hydrogens (tertiary/aromatic N) is 2. The number of imidazole rings is 1. The van der Waals surface area contributed by atoms with Gasteiger partial charge in [-0.15, -0.1) is 0 Å². The molecule has 1 aliphatic rings. The number of nitrogens with one attached hydrogen (secondary N) is 1. The molecule has 1 aromatic heterocycles. The average molecular weight is 268 g/mol. The van der Waals surface area contributed by atoms with E-state index in [1.54, 1.807) is 17.1 Å². The van der Waals surface area contributed by atoms with Gasteiger partial charge in [0.25, 0.3) is 0 Å². The Morgan fingerprint density at radius 2 is 2.26 bits per heavy atom. The van der Waals surface area contributed by atoms with Gasteiger partial charge in [-0.05, 0) is 12.8 Å². The van der Waals surface area contributed by atoms with Gasteiger partial charge in [-0.25, -0.2) is 4.98 Å². The average Bonchev–Trinajstić information content (AvgIpc) is 2.95. The molecule has 3 atom stereocenters. The topological polar surface area (TPSA) is 130 Å². The summed E-state index contributed by atoms with van der Waals surface area (Å²) in [6.07, 6.45) is 4.54. The zero-order valence-corrected chi connectivity index (χ0v) is 10.2. The van der Waals surface area contributed by atoms with E-state index in [1.165, 1.54) is 0 Å². The number of carboxylic acid groups (broad SMARTS) is 2. The first kappa shape index (κ1) is 13.5. The Balaban J connectivity index is 1.98. The van der Waals surface area contributed by atoms with Gasteiger partial charge >= 0.3 is 11.9 Å². The molecule has 2 rings (SSSR count). The van der Waals surface area contributed by atoms with Crippen molar-refractivity contribution in [2.24, 2.45) is 5.73 Å². The Morgan fingerprint density at radius 3 is 2.84 bits per heavy atom. The van der Waals surface area contributed by atoms with Crippen LogP contribution in [0.2, 0.25) is 0 Å². The van der Waals surface area contributed by atoms with E-state index in [0.29, 0.717) is 18.5 Å². The molecular weight excluding hydrogens is 252 g/mol. The lowest BCUT2D eigenvalue weighted by Gasteiger charge is -2.12. The summed E-state index contributed by atoms with van der Waals surface area (Å²) in [4.78, 5) is 25.6. The molecule has 5 N–H and O–H groups in total. The van der Waals surface area contributed by atoms with Gasteiger partial charge in [0.1, 0.15) is 12.1 Å². The van der Waals surface area contributed by atoms with E-state index >= 15 is 0 Å². The molecule has 8 heteroatoms. The monoisotopic (exact) mass is 268 g/mol. The standard InChI is InChI=1S/C11H16N4O4/c12-7(10(16)17)3-6-4-15(5-13-6)9-2-1-8(14-9)11(18)19/h4-5,7-9,14H,1-3,12H2,(H,16,17)(H,18,19). The smallest absolute Gasteiger partial charge is 0.320 e. The van der Waals surface area contributed by atoms with Crippen molar-refractivity contribution in [3.05, 3.63) is 18.2 Å². The van der Waals surface area contributed by atoms with E-state index in [2.05, 4.69) is 10.3 Å². The van der Waals surface area contributed by atoms with Gasteiger partial charge in [0.2, 0.25) is 0 Å². The fourth-order valence-electron chi connectivity index (χ4n) is 2.12. The van der Waals surface area contributed by atoms with Crippen LogP contribution >= 0.6 is 0 Å². The van der Waals surface area contributed by atoms with E-state index in [0.717, 1.165) is 0 Å². The third kappa shape index (κ3) is 3.09. The number of carbonyl (C=O) groups is 2. The first-order valence-electron chi connectivity index (χ1n) is 5.97. The third-order valence-electron chi connectivity index (χ3n) is 3.18. The van der Waals surface area contributed by atoms with Crippen LogP contribution in [0.4, 0.5) is 0 Å². The fourth-order valence-corrected chi connectivity index (χ4v) is 2.12. The van der Waals surface area contributed by atoms with Gasteiger partial charge in [-0.2, -0.15) is 0 Å². The van der Waals surface area contributed by atoms with E-state index < -0.39 is 24.0 Å². The predicted molar refractivity (Wildman–Crippen MR) is 64.4 cm³/mol. The number of hydrogen-bond donors (Lipinski definition) is 4. The molecule has 1 fully saturated rings. The van der Waals surface area contributed by atoms with Gasteiger partial charge in [-0.1, -0.05) is 0 Å². The summed E-state index contributed by atoms with van der Waals surface area (Å²) in [5.41, 5.74) is 6.01. The molecule has 0 aromatic carbocycles. The number of hydrogen-bond acceptors (Lipinski definition) is 5. The summed E-state index contributed by atoms with van der Waals surface area (Å²) < 4.78 is 1.76. The molecule has 0 bridgehead atoms. The van der Waals surface area contributed by atoms with Crippen LogP contribution in [0.15, 0.2) is 12.5 Å². The van der Waals surface area contributed by atoms with Crippen molar-refractivity contribution in [1.82, 2.24) is 14.9 Å². The van der Waals surface area contributed by atoms with Crippen molar-refractivity contribution in [2.75, 3.05) is 0 Å². The lowest BCUT2D eigenvalue weighted by Crippen LogP contribution is -2.33. The predicted octanol–water partition coefficient (Wildman–Crippen LogP) is -0.827. The van der Waals surface area contributed by atoms with Crippen LogP contribution in [-0.2, 0) is 16.0 Å². The SMILES string of the molecule is NC(Cc1cn(C2CCC(C(=O)O)N2)cn1)C(=O)O. The van der Waals surface area contributed by atoms with Crippen LogP contribution in [-0.4, -0.2) is 43.8 Å². The molecule has 104 valence electrons. The molecule has 8 nitrogen and oxygen atoms in total. The molecule has 1 aliphatic heterocycles. The van der Waals surface area contributed by atoms with Crippen LogP contribution < -0.4 is 11.1 Å². The summed E-state index contributed by atoms with van der Waals surface area (Å²) in [7, 11) is 0. The Hall–Kier alpha value is -1.93. The van der Waals surface area contributed by atoms with Gasteiger partial charge in [-0.3, -0.25) is 14.9 Å². The van der Waals surface area contributed by atoms with Crippen LogP contribution in [0.3, 0.4) is 0 Å². The Morgan fingerprint density at radius 1 is 1.53 bits per heavy atom. The first-order valence-corrected chi connectivity index (χ1v) is 5.97. The Labute approximate surface area is 109 Å². The molecule has 2 heterocycles. The minimum absolute atomic E-state index is 0.122. The van der Waals surface area contributed by atoms with Crippen LogP contribution in [0.1, 0.15) is 24.7 Å². The molecule has 0 aliphatic carbocycles. The molecule has 0 saturated carbocycles. The second-order valence-electron chi connectivity index (χ2n) is 4.61. The number of aromatic nitrogens is 2. The van der Waals surface area contributed by atoms with Crippen LogP contribution in [0.5, 0.6) is 0 Å². The third-order valence-corrected chi connectivity index (χ3v) is 3.18. The Kier molecular flexibility index (Phi) is 3.82. The minimum Gasteiger partial charge on any atom is -0.480 e. The highest BCUT2D eigenvalue weighted by molar-refractivity contribution is 5.74. The zero-order valence-electron chi connectivity index (χ0n) is 10.2. The van der Waals surface area contributed by atoms with Crippen molar-refractivity contribution in [1.29, 1.82) is 0 Å². The maximum absolute atomic E-state index is 10.8. The zero-order chi connectivity index (χ0) is 14.0. The Bertz CT molecular complexity index is 487. The van der Waals surface area contributed by atoms with Crippen molar-refractivity contribution >= 4 is 11.9 Å². The second-order valence-corrected chi connectivity index (χ2v) is 4.61. The number of rotatable bonds is 5. The molecule has 0 amide bonds. The molecule has 1 saturated heterocycles. The van der Waals surface area contributed by atoms with Crippen molar-refractivity contribution < 1.29 is 19.8 Å². The van der Waals surface area contributed by atoms with Gasteiger partial charge < -0.3 is 20.5 Å². The van der Waals surface area contributed by atoms with E-state index in [9.17, 15) is 9.59 Å². The minimum atomic E-state index is -1.07. The number of carboxylic acids is 2. The molecule has 19 heavy (non-hydrogen) atoms. The lowest BCUT2D eigenvalue weighted by molar-refractivity contribution is -0.139. The number of nitrogens with two attached hydrogens (primary N) is 1. The second kappa shape index (κ2) is 5.37. The highest BCUT2D eigenvalue weighted by atomic mass is 16.4. The fraction of sp³-hybridized carbons (Fsp3) is 0.545. The van der Waals surface area contributed by atoms with Crippen LogP contribution in [0.25, 0.3) is 0 Å². The summed E-state index contributed by atoms with van der Waals surface area (Å²) in [5, 5.41) is 20.6. The highest BCUT2D eigenvalue weighted by Crippen LogP contribution is 2.21. The largest absolute Gasteiger partial charge is 0.480 e. The summed E-state index contributed by atoms with van der Waals surface area (Å²) in [5.74, 6) is -1.93. The number of aliphatic carboxylic acids is 2. The lowest BCUT2D eigenvalue weighted by atomic mass is 10.2. The van der Waals surface area contributed by atoms with E-state index in [4.69, 9.17) is 15.9 Å². The van der Waals surface area contributed by atoms with E-state index in [1.807, 2.05) is 0 Å². The summed E-state index contributed by atoms with van der Waals surface area (Å²) in [6, 6.07) is -1.52. The van der Waals surface area contributed by atoms with Crippen molar-refractivity contribution in [2.45, 2.75) is 37.5 Å². The summed E-state index contributed by atoms with van der Waals surface area (Å²) >= 11 is 0. The van der Waals surface area contributed by atoms with Gasteiger partial charge in [0.05, 0.1) is 18.2 Å². The first-order chi connectivity index (χ1) is 8.97. The quantitative estimate of drug-likeness (QED) is 0.548. The molecular formula is C11H16N4O4. The normalized spacial score (nSPS) is 24.3. The van der Waals surface area contributed by atoms with Crippen molar-refractivity contribution in [3.63, 3.8) is 0 Å². The van der Waals surface area contributed by atoms with Gasteiger partial charge in [0.15, 0.2) is 0 Å². The van der Waals surface area contributed by atoms with Crippen LogP contribution in [0, 0.1) is 0 Å².